The first-order valence-electron chi connectivity index (χ1n) is 7.52. The lowest BCUT2D eigenvalue weighted by atomic mass is 10.1. The Morgan fingerprint density at radius 1 is 1.21 bits per heavy atom. The third-order valence-electron chi connectivity index (χ3n) is 3.61. The van der Waals surface area contributed by atoms with Crippen molar-refractivity contribution in [3.05, 3.63) is 45.9 Å². The average molecular weight is 329 g/mol. The van der Waals surface area contributed by atoms with Gasteiger partial charge in [0.2, 0.25) is 0 Å². The van der Waals surface area contributed by atoms with Gasteiger partial charge in [-0.05, 0) is 12.5 Å². The molecule has 0 atom stereocenters. The smallest absolute Gasteiger partial charge is 0.328 e. The summed E-state index contributed by atoms with van der Waals surface area (Å²) in [5.41, 5.74) is 8.59. The highest BCUT2D eigenvalue weighted by Crippen LogP contribution is 2.18. The van der Waals surface area contributed by atoms with Crippen molar-refractivity contribution >= 4 is 17.0 Å². The van der Waals surface area contributed by atoms with Crippen LogP contribution in [0.5, 0.6) is 6.01 Å². The summed E-state index contributed by atoms with van der Waals surface area (Å²) in [4.78, 5) is 23.3. The van der Waals surface area contributed by atoms with Gasteiger partial charge in [-0.25, -0.2) is 4.79 Å². The molecule has 0 aliphatic carbocycles. The molecule has 0 radical (unpaired) electrons. The summed E-state index contributed by atoms with van der Waals surface area (Å²) < 4.78 is 11.8. The number of methoxy groups -OCH3 is 1. The van der Waals surface area contributed by atoms with Crippen LogP contribution in [-0.2, 0) is 11.3 Å². The SMILES string of the molecule is COCCOc1nc(N)c2[nH]c(=O)n(Cc3ccc(C)cc3)c2n1. The summed E-state index contributed by atoms with van der Waals surface area (Å²) in [5, 5.41) is 0. The lowest BCUT2D eigenvalue weighted by molar-refractivity contribution is 0.141. The van der Waals surface area contributed by atoms with Gasteiger partial charge in [0.25, 0.3) is 0 Å². The van der Waals surface area contributed by atoms with Crippen molar-refractivity contribution in [1.82, 2.24) is 19.5 Å². The standard InChI is InChI=1S/C16H19N5O3/c1-10-3-5-11(6-4-10)9-21-14-12(18-16(21)22)13(17)19-15(20-14)24-8-7-23-2/h3-6H,7-9H2,1-2H3,(H,18,22)(H2,17,19,20). The molecule has 3 rings (SSSR count). The largest absolute Gasteiger partial charge is 0.461 e. The average Bonchev–Trinajstić information content (AvgIpc) is 2.87. The minimum atomic E-state index is -0.291. The zero-order valence-electron chi connectivity index (χ0n) is 13.6. The fourth-order valence-electron chi connectivity index (χ4n) is 2.33. The Morgan fingerprint density at radius 2 is 1.96 bits per heavy atom. The first kappa shape index (κ1) is 16.0. The van der Waals surface area contributed by atoms with Crippen LogP contribution in [0.2, 0.25) is 0 Å². The predicted molar refractivity (Wildman–Crippen MR) is 90.2 cm³/mol. The van der Waals surface area contributed by atoms with Gasteiger partial charge in [0.1, 0.15) is 12.1 Å². The quantitative estimate of drug-likeness (QED) is 0.655. The van der Waals surface area contributed by atoms with E-state index < -0.39 is 0 Å². The van der Waals surface area contributed by atoms with Crippen LogP contribution in [0.15, 0.2) is 29.1 Å². The van der Waals surface area contributed by atoms with Crippen LogP contribution in [0, 0.1) is 6.92 Å². The van der Waals surface area contributed by atoms with Crippen LogP contribution in [0.25, 0.3) is 11.2 Å². The maximum atomic E-state index is 12.3. The van der Waals surface area contributed by atoms with Crippen molar-refractivity contribution in [2.45, 2.75) is 13.5 Å². The molecule has 1 aromatic carbocycles. The highest BCUT2D eigenvalue weighted by molar-refractivity contribution is 5.81. The van der Waals surface area contributed by atoms with Gasteiger partial charge in [-0.2, -0.15) is 9.97 Å². The Balaban J connectivity index is 1.98. The highest BCUT2D eigenvalue weighted by Gasteiger charge is 2.14. The minimum absolute atomic E-state index is 0.119. The van der Waals surface area contributed by atoms with Crippen LogP contribution in [0.3, 0.4) is 0 Å². The number of imidazole rings is 1. The number of anilines is 1. The van der Waals surface area contributed by atoms with Gasteiger partial charge in [-0.1, -0.05) is 29.8 Å². The van der Waals surface area contributed by atoms with E-state index in [1.165, 1.54) is 4.57 Å². The molecule has 2 aromatic heterocycles. The van der Waals surface area contributed by atoms with E-state index in [1.807, 2.05) is 31.2 Å². The molecule has 0 bridgehead atoms. The number of ether oxygens (including phenoxy) is 2. The molecule has 3 N–H and O–H groups in total. The number of fused-ring (bicyclic) bond motifs is 1. The lowest BCUT2D eigenvalue weighted by Gasteiger charge is -2.07. The molecule has 0 fully saturated rings. The highest BCUT2D eigenvalue weighted by atomic mass is 16.5. The number of nitrogens with two attached hydrogens (primary N) is 1. The third kappa shape index (κ3) is 3.23. The van der Waals surface area contributed by atoms with Gasteiger partial charge in [0.15, 0.2) is 11.5 Å². The molecular formula is C16H19N5O3. The molecule has 8 nitrogen and oxygen atoms in total. The molecule has 0 aliphatic rings. The number of H-pyrrole nitrogens is 1. The Hall–Kier alpha value is -2.87. The normalized spacial score (nSPS) is 11.1. The molecule has 0 amide bonds. The Labute approximate surface area is 138 Å². The van der Waals surface area contributed by atoms with Gasteiger partial charge in [-0.3, -0.25) is 4.57 Å². The predicted octanol–water partition coefficient (Wildman–Crippen LogP) is 1.08. The number of nitrogens with zero attached hydrogens (tertiary/aromatic N) is 3. The van der Waals surface area contributed by atoms with E-state index in [-0.39, 0.29) is 17.5 Å². The number of hydrogen-bond acceptors (Lipinski definition) is 6. The second-order valence-electron chi connectivity index (χ2n) is 5.43. The number of benzene rings is 1. The molecule has 0 spiro atoms. The van der Waals surface area contributed by atoms with E-state index in [9.17, 15) is 4.79 Å². The number of aryl methyl sites for hydroxylation is 1. The van der Waals surface area contributed by atoms with Gasteiger partial charge in [0.05, 0.1) is 13.2 Å². The molecule has 3 aromatic rings. The van der Waals surface area contributed by atoms with Crippen molar-refractivity contribution in [3.63, 3.8) is 0 Å². The molecule has 24 heavy (non-hydrogen) atoms. The molecule has 0 unspecified atom stereocenters. The molecule has 0 saturated carbocycles. The number of aromatic amines is 1. The number of rotatable bonds is 6. The second-order valence-corrected chi connectivity index (χ2v) is 5.43. The van der Waals surface area contributed by atoms with Crippen LogP contribution < -0.4 is 16.2 Å². The minimum Gasteiger partial charge on any atom is -0.461 e. The van der Waals surface area contributed by atoms with Gasteiger partial charge < -0.3 is 20.2 Å². The number of nitrogen functional groups attached to an aromatic ring is 1. The van der Waals surface area contributed by atoms with Crippen molar-refractivity contribution < 1.29 is 9.47 Å². The van der Waals surface area contributed by atoms with E-state index in [4.69, 9.17) is 15.2 Å². The lowest BCUT2D eigenvalue weighted by Crippen LogP contribution is -2.18. The van der Waals surface area contributed by atoms with E-state index in [0.29, 0.717) is 30.9 Å². The molecule has 0 aliphatic heterocycles. The van der Waals surface area contributed by atoms with Crippen LogP contribution >= 0.6 is 0 Å². The molecule has 126 valence electrons. The summed E-state index contributed by atoms with van der Waals surface area (Å²) in [6.07, 6.45) is 0. The monoisotopic (exact) mass is 329 g/mol. The number of aromatic nitrogens is 4. The van der Waals surface area contributed by atoms with Gasteiger partial charge in [0, 0.05) is 7.11 Å². The number of hydrogen-bond donors (Lipinski definition) is 2. The molecular weight excluding hydrogens is 310 g/mol. The van der Waals surface area contributed by atoms with Crippen molar-refractivity contribution in [1.29, 1.82) is 0 Å². The summed E-state index contributed by atoms with van der Waals surface area (Å²) in [5.74, 6) is 0.173. The molecule has 8 heteroatoms. The van der Waals surface area contributed by atoms with Crippen LogP contribution in [0.4, 0.5) is 5.82 Å². The first-order chi connectivity index (χ1) is 11.6. The Bertz CT molecular complexity index is 898. The third-order valence-corrected chi connectivity index (χ3v) is 3.61. The summed E-state index contributed by atoms with van der Waals surface area (Å²) in [7, 11) is 1.58. The fraction of sp³-hybridized carbons (Fsp3) is 0.312. The Morgan fingerprint density at radius 3 is 2.67 bits per heavy atom. The van der Waals surface area contributed by atoms with Crippen molar-refractivity contribution in [2.24, 2.45) is 0 Å². The Kier molecular flexibility index (Phi) is 4.48. The zero-order chi connectivity index (χ0) is 17.1. The topological polar surface area (TPSA) is 108 Å². The fourth-order valence-corrected chi connectivity index (χ4v) is 2.33. The first-order valence-corrected chi connectivity index (χ1v) is 7.52. The zero-order valence-corrected chi connectivity index (χ0v) is 13.6. The van der Waals surface area contributed by atoms with Gasteiger partial charge >= 0.3 is 11.7 Å². The van der Waals surface area contributed by atoms with Gasteiger partial charge in [-0.15, -0.1) is 0 Å². The summed E-state index contributed by atoms with van der Waals surface area (Å²) in [6, 6.07) is 8.06. The van der Waals surface area contributed by atoms with Crippen LogP contribution in [0.1, 0.15) is 11.1 Å². The van der Waals surface area contributed by atoms with E-state index in [1.54, 1.807) is 7.11 Å². The maximum Gasteiger partial charge on any atom is 0.328 e. The van der Waals surface area contributed by atoms with E-state index in [0.717, 1.165) is 11.1 Å². The summed E-state index contributed by atoms with van der Waals surface area (Å²) >= 11 is 0. The molecule has 2 heterocycles. The van der Waals surface area contributed by atoms with E-state index >= 15 is 0 Å². The van der Waals surface area contributed by atoms with Crippen molar-refractivity contribution in [2.75, 3.05) is 26.1 Å². The summed E-state index contributed by atoms with van der Waals surface area (Å²) in [6.45, 7) is 3.10. The molecule has 0 saturated heterocycles. The number of nitrogens with one attached hydrogen (secondary N) is 1. The maximum absolute atomic E-state index is 12.3. The van der Waals surface area contributed by atoms with Crippen LogP contribution in [-0.4, -0.2) is 39.8 Å². The van der Waals surface area contributed by atoms with E-state index in [2.05, 4.69) is 15.0 Å². The second kappa shape index (κ2) is 6.71. The van der Waals surface area contributed by atoms with Crippen molar-refractivity contribution in [3.8, 4) is 6.01 Å².